The highest BCUT2D eigenvalue weighted by molar-refractivity contribution is 7.89. The molecule has 1 saturated heterocycles. The molecule has 1 aliphatic rings. The SMILES string of the molecule is Cc1cc(C)c(S(=O)(=O)N[C@@H]2COC[C@@H]2F)c(C)c1CC(=O)O. The standard InChI is InChI=1S/C15H20FNO5S/c1-8-4-9(2)15(10(3)11(8)5-14(18)19)23(20,21)17-13-7-22-6-12(13)16/h4,12-13,17H,5-7H2,1-3H3,(H,18,19)/t12-,13+/m0/s1. The molecule has 2 atom stereocenters. The van der Waals surface area contributed by atoms with Crippen molar-refractivity contribution >= 4 is 16.0 Å². The van der Waals surface area contributed by atoms with Crippen molar-refractivity contribution in [3.05, 3.63) is 28.3 Å². The van der Waals surface area contributed by atoms with E-state index in [0.29, 0.717) is 22.3 Å². The van der Waals surface area contributed by atoms with E-state index in [1.54, 1.807) is 26.8 Å². The molecule has 6 nitrogen and oxygen atoms in total. The molecule has 1 fully saturated rings. The van der Waals surface area contributed by atoms with Gasteiger partial charge in [0.05, 0.1) is 30.6 Å². The number of carbonyl (C=O) groups is 1. The molecule has 0 unspecified atom stereocenters. The number of aryl methyl sites for hydroxylation is 2. The van der Waals surface area contributed by atoms with Crippen molar-refractivity contribution in [2.24, 2.45) is 0 Å². The van der Waals surface area contributed by atoms with Crippen LogP contribution in [-0.2, 0) is 26.0 Å². The van der Waals surface area contributed by atoms with Crippen molar-refractivity contribution in [3.63, 3.8) is 0 Å². The van der Waals surface area contributed by atoms with E-state index in [0.717, 1.165) is 0 Å². The number of carboxylic acids is 1. The van der Waals surface area contributed by atoms with Crippen molar-refractivity contribution in [1.82, 2.24) is 4.72 Å². The van der Waals surface area contributed by atoms with Gasteiger partial charge >= 0.3 is 5.97 Å². The Morgan fingerprint density at radius 3 is 2.52 bits per heavy atom. The first-order valence-corrected chi connectivity index (χ1v) is 8.67. The van der Waals surface area contributed by atoms with Gasteiger partial charge in [-0.1, -0.05) is 6.07 Å². The second-order valence-electron chi connectivity index (χ2n) is 5.79. The number of sulfonamides is 1. The third-order valence-electron chi connectivity index (χ3n) is 3.97. The second kappa shape index (κ2) is 6.54. The zero-order valence-corrected chi connectivity index (χ0v) is 14.0. The summed E-state index contributed by atoms with van der Waals surface area (Å²) in [5, 5.41) is 9.01. The van der Waals surface area contributed by atoms with Crippen LogP contribution in [0.4, 0.5) is 4.39 Å². The van der Waals surface area contributed by atoms with Crippen LogP contribution in [0.3, 0.4) is 0 Å². The molecule has 23 heavy (non-hydrogen) atoms. The largest absolute Gasteiger partial charge is 0.481 e. The molecule has 0 aliphatic carbocycles. The van der Waals surface area contributed by atoms with Crippen molar-refractivity contribution in [3.8, 4) is 0 Å². The number of hydrogen-bond acceptors (Lipinski definition) is 4. The Morgan fingerprint density at radius 1 is 1.35 bits per heavy atom. The van der Waals surface area contributed by atoms with E-state index < -0.39 is 28.2 Å². The average Bonchev–Trinajstić information content (AvgIpc) is 2.78. The fraction of sp³-hybridized carbons (Fsp3) is 0.533. The number of benzene rings is 1. The van der Waals surface area contributed by atoms with Crippen LogP contribution in [0.5, 0.6) is 0 Å². The van der Waals surface area contributed by atoms with Crippen LogP contribution in [0.2, 0.25) is 0 Å². The number of carboxylic acid groups (broad SMARTS) is 1. The smallest absolute Gasteiger partial charge is 0.307 e. The minimum absolute atomic E-state index is 0.0125. The Hall–Kier alpha value is -1.51. The molecule has 2 N–H and O–H groups in total. The van der Waals surface area contributed by atoms with Crippen LogP contribution in [0, 0.1) is 20.8 Å². The Morgan fingerprint density at radius 2 is 2.00 bits per heavy atom. The maximum absolute atomic E-state index is 13.6. The number of rotatable bonds is 5. The van der Waals surface area contributed by atoms with Crippen LogP contribution in [-0.4, -0.2) is 44.9 Å². The number of alkyl halides is 1. The maximum Gasteiger partial charge on any atom is 0.307 e. The summed E-state index contributed by atoms with van der Waals surface area (Å²) in [6.45, 7) is 4.79. The first kappa shape index (κ1) is 17.8. The predicted octanol–water partition coefficient (Wildman–Crippen LogP) is 1.25. The lowest BCUT2D eigenvalue weighted by Crippen LogP contribution is -2.41. The van der Waals surface area contributed by atoms with Crippen molar-refractivity contribution in [1.29, 1.82) is 0 Å². The zero-order valence-electron chi connectivity index (χ0n) is 13.2. The fourth-order valence-electron chi connectivity index (χ4n) is 2.94. The van der Waals surface area contributed by atoms with Gasteiger partial charge in [-0.05, 0) is 43.0 Å². The Balaban J connectivity index is 2.46. The molecule has 1 aliphatic heterocycles. The average molecular weight is 345 g/mol. The fourth-order valence-corrected chi connectivity index (χ4v) is 4.68. The van der Waals surface area contributed by atoms with Gasteiger partial charge in [0, 0.05) is 0 Å². The molecule has 0 bridgehead atoms. The number of hydrogen-bond donors (Lipinski definition) is 2. The normalized spacial score (nSPS) is 21.6. The van der Waals surface area contributed by atoms with Crippen LogP contribution in [0.1, 0.15) is 22.3 Å². The molecule has 0 saturated carbocycles. The minimum Gasteiger partial charge on any atom is -0.481 e. The molecule has 1 heterocycles. The van der Waals surface area contributed by atoms with E-state index in [4.69, 9.17) is 9.84 Å². The van der Waals surface area contributed by atoms with Gasteiger partial charge in [0.25, 0.3) is 0 Å². The monoisotopic (exact) mass is 345 g/mol. The quantitative estimate of drug-likeness (QED) is 0.838. The summed E-state index contributed by atoms with van der Waals surface area (Å²) in [6, 6.07) is 0.709. The van der Waals surface area contributed by atoms with E-state index in [2.05, 4.69) is 4.72 Å². The lowest BCUT2D eigenvalue weighted by Gasteiger charge is -2.19. The summed E-state index contributed by atoms with van der Waals surface area (Å²) >= 11 is 0. The van der Waals surface area contributed by atoms with Crippen LogP contribution >= 0.6 is 0 Å². The first-order valence-electron chi connectivity index (χ1n) is 7.19. The summed E-state index contributed by atoms with van der Waals surface area (Å²) in [5.74, 6) is -1.04. The van der Waals surface area contributed by atoms with Gasteiger partial charge in [-0.15, -0.1) is 0 Å². The van der Waals surface area contributed by atoms with Crippen molar-refractivity contribution in [2.45, 2.75) is 44.3 Å². The maximum atomic E-state index is 13.6. The predicted molar refractivity (Wildman–Crippen MR) is 81.8 cm³/mol. The van der Waals surface area contributed by atoms with E-state index in [1.165, 1.54) is 0 Å². The van der Waals surface area contributed by atoms with Gasteiger partial charge < -0.3 is 9.84 Å². The van der Waals surface area contributed by atoms with Crippen molar-refractivity contribution in [2.75, 3.05) is 13.2 Å². The van der Waals surface area contributed by atoms with Crippen LogP contribution < -0.4 is 4.72 Å². The topological polar surface area (TPSA) is 92.7 Å². The molecule has 2 rings (SSSR count). The van der Waals surface area contributed by atoms with E-state index in [9.17, 15) is 17.6 Å². The molecule has 1 aromatic carbocycles. The van der Waals surface area contributed by atoms with Gasteiger partial charge in [0.15, 0.2) is 0 Å². The van der Waals surface area contributed by atoms with Gasteiger partial charge in [-0.3, -0.25) is 4.79 Å². The molecule has 0 radical (unpaired) electrons. The first-order chi connectivity index (χ1) is 10.6. The summed E-state index contributed by atoms with van der Waals surface area (Å²) in [4.78, 5) is 11.0. The van der Waals surface area contributed by atoms with E-state index >= 15 is 0 Å². The highest BCUT2D eigenvalue weighted by atomic mass is 32.2. The molecule has 128 valence electrons. The van der Waals surface area contributed by atoms with Crippen molar-refractivity contribution < 1.29 is 27.4 Å². The van der Waals surface area contributed by atoms with E-state index in [-0.39, 0.29) is 24.5 Å². The lowest BCUT2D eigenvalue weighted by molar-refractivity contribution is -0.136. The molecular weight excluding hydrogens is 325 g/mol. The minimum atomic E-state index is -3.98. The van der Waals surface area contributed by atoms with Gasteiger partial charge in [-0.2, -0.15) is 0 Å². The second-order valence-corrected chi connectivity index (χ2v) is 7.45. The van der Waals surface area contributed by atoms with Crippen LogP contribution in [0.15, 0.2) is 11.0 Å². The summed E-state index contributed by atoms with van der Waals surface area (Å²) < 4.78 is 46.2. The number of nitrogens with one attached hydrogen (secondary N) is 1. The highest BCUT2D eigenvalue weighted by Crippen LogP contribution is 2.27. The summed E-state index contributed by atoms with van der Waals surface area (Å²) in [7, 11) is -3.98. The zero-order chi connectivity index (χ0) is 17.4. The van der Waals surface area contributed by atoms with Gasteiger partial charge in [0.1, 0.15) is 6.17 Å². The Bertz CT molecular complexity index is 732. The Labute approximate surface area is 134 Å². The lowest BCUT2D eigenvalue weighted by atomic mass is 9.97. The number of ether oxygens (including phenoxy) is 1. The van der Waals surface area contributed by atoms with E-state index in [1.807, 2.05) is 0 Å². The number of halogens is 1. The molecule has 0 amide bonds. The molecule has 0 aromatic heterocycles. The summed E-state index contributed by atoms with van der Waals surface area (Å²) in [5.41, 5.74) is 2.06. The third kappa shape index (κ3) is 3.70. The molecule has 8 heteroatoms. The third-order valence-corrected chi connectivity index (χ3v) is 5.75. The molecule has 1 aromatic rings. The number of aliphatic carboxylic acids is 1. The highest BCUT2D eigenvalue weighted by Gasteiger charge is 2.33. The van der Waals surface area contributed by atoms with Crippen LogP contribution in [0.25, 0.3) is 0 Å². The van der Waals surface area contributed by atoms with Gasteiger partial charge in [0.2, 0.25) is 10.0 Å². The Kier molecular flexibility index (Phi) is 5.07. The summed E-state index contributed by atoms with van der Waals surface area (Å²) in [6.07, 6.45) is -1.66. The van der Waals surface area contributed by atoms with Gasteiger partial charge in [-0.25, -0.2) is 17.5 Å². The molecule has 0 spiro atoms. The molecular formula is C15H20FNO5S.